The number of nitrogens with one attached hydrogen (secondary N) is 2. The van der Waals surface area contributed by atoms with Crippen LogP contribution in [0, 0.1) is 0 Å². The average molecular weight is 454 g/mol. The highest BCUT2D eigenvalue weighted by molar-refractivity contribution is 5.85. The van der Waals surface area contributed by atoms with E-state index in [0.29, 0.717) is 45.8 Å². The normalized spacial score (nSPS) is 29.9. The second-order valence-electron chi connectivity index (χ2n) is 9.85. The van der Waals surface area contributed by atoms with E-state index >= 15 is 0 Å². The minimum atomic E-state index is -0.785. The highest BCUT2D eigenvalue weighted by Gasteiger charge is 2.49. The van der Waals surface area contributed by atoms with Crippen molar-refractivity contribution in [2.75, 3.05) is 33.0 Å². The lowest BCUT2D eigenvalue weighted by atomic mass is 9.87. The minimum Gasteiger partial charge on any atom is -0.444 e. The van der Waals surface area contributed by atoms with Gasteiger partial charge in [-0.15, -0.1) is 0 Å². The van der Waals surface area contributed by atoms with Crippen molar-refractivity contribution in [1.82, 2.24) is 15.5 Å². The molecule has 1 saturated carbocycles. The number of amides is 2. The summed E-state index contributed by atoms with van der Waals surface area (Å²) in [5.41, 5.74) is -0.183. The van der Waals surface area contributed by atoms with Crippen molar-refractivity contribution in [2.45, 2.75) is 101 Å². The Bertz CT molecular complexity index is 644. The smallest absolute Gasteiger partial charge is 0.407 e. The van der Waals surface area contributed by atoms with Crippen LogP contribution in [0.1, 0.15) is 64.7 Å². The summed E-state index contributed by atoms with van der Waals surface area (Å²) in [5.74, 6) is 0.0626. The van der Waals surface area contributed by atoms with Gasteiger partial charge in [-0.2, -0.15) is 0 Å². The number of aliphatic hydroxyl groups excluding tert-OH is 1. The molecule has 0 bridgehead atoms. The van der Waals surface area contributed by atoms with Gasteiger partial charge in [0, 0.05) is 37.8 Å². The third-order valence-electron chi connectivity index (χ3n) is 7.69. The topological polar surface area (TPSA) is 109 Å². The van der Waals surface area contributed by atoms with Crippen LogP contribution in [0.4, 0.5) is 4.79 Å². The van der Waals surface area contributed by atoms with Crippen LogP contribution in [0.25, 0.3) is 0 Å². The SMILES string of the molecule is CC[C@H](NC(=O)O[C@H]1CCOC1)[C@H](O)CN(C1CCCC1)[C@H]1CC2(CCOCC2)NC1=O. The van der Waals surface area contributed by atoms with Crippen LogP contribution in [0.5, 0.6) is 0 Å². The van der Waals surface area contributed by atoms with Gasteiger partial charge in [0.25, 0.3) is 0 Å². The zero-order chi connectivity index (χ0) is 22.6. The molecule has 3 heterocycles. The Morgan fingerprint density at radius 2 is 2.00 bits per heavy atom. The average Bonchev–Trinajstić information content (AvgIpc) is 3.53. The Kier molecular flexibility index (Phi) is 7.91. The molecule has 1 aliphatic carbocycles. The summed E-state index contributed by atoms with van der Waals surface area (Å²) in [4.78, 5) is 27.6. The lowest BCUT2D eigenvalue weighted by Gasteiger charge is -2.37. The largest absolute Gasteiger partial charge is 0.444 e. The fraction of sp³-hybridized carbons (Fsp3) is 0.913. The number of ether oxygens (including phenoxy) is 3. The van der Waals surface area contributed by atoms with E-state index in [0.717, 1.165) is 44.9 Å². The Morgan fingerprint density at radius 1 is 1.25 bits per heavy atom. The van der Waals surface area contributed by atoms with Crippen LogP contribution in [0.15, 0.2) is 0 Å². The molecular weight excluding hydrogens is 414 g/mol. The summed E-state index contributed by atoms with van der Waals surface area (Å²) in [5, 5.41) is 17.2. The van der Waals surface area contributed by atoms with Gasteiger partial charge in [0.15, 0.2) is 0 Å². The number of aliphatic hydroxyl groups is 1. The summed E-state index contributed by atoms with van der Waals surface area (Å²) in [6.45, 7) is 4.67. The molecule has 4 aliphatic rings. The van der Waals surface area contributed by atoms with Gasteiger partial charge in [0.1, 0.15) is 6.10 Å². The molecule has 4 atom stereocenters. The summed E-state index contributed by atoms with van der Waals surface area (Å²) < 4.78 is 16.2. The van der Waals surface area contributed by atoms with Crippen LogP contribution < -0.4 is 10.6 Å². The summed E-state index contributed by atoms with van der Waals surface area (Å²) in [7, 11) is 0. The maximum atomic E-state index is 13.1. The molecule has 1 spiro atoms. The second kappa shape index (κ2) is 10.7. The molecule has 0 aromatic rings. The first kappa shape index (κ1) is 23.7. The Morgan fingerprint density at radius 3 is 2.66 bits per heavy atom. The molecule has 4 fully saturated rings. The van der Waals surface area contributed by atoms with Crippen LogP contribution in [0.3, 0.4) is 0 Å². The Labute approximate surface area is 190 Å². The van der Waals surface area contributed by atoms with Gasteiger partial charge in [-0.3, -0.25) is 9.69 Å². The number of carbonyl (C=O) groups excluding carboxylic acids is 2. The number of hydrogen-bond donors (Lipinski definition) is 3. The Hall–Kier alpha value is -1.42. The molecular formula is C23H39N3O6. The molecule has 0 aromatic heterocycles. The monoisotopic (exact) mass is 453 g/mol. The summed E-state index contributed by atoms with van der Waals surface area (Å²) >= 11 is 0. The van der Waals surface area contributed by atoms with Gasteiger partial charge in [-0.05, 0) is 38.5 Å². The van der Waals surface area contributed by atoms with E-state index < -0.39 is 18.2 Å². The quantitative estimate of drug-likeness (QED) is 0.509. The van der Waals surface area contributed by atoms with Crippen LogP contribution >= 0.6 is 0 Å². The number of hydrogen-bond acceptors (Lipinski definition) is 7. The standard InChI is InChI=1S/C23H39N3O6/c1-2-18(24-22(29)32-17-7-10-31-15-17)20(27)14-26(16-5-3-4-6-16)19-13-23(25-21(19)28)8-11-30-12-9-23/h16-20,27H,2-15H2,1H3,(H,24,29)(H,25,28)/t17-,18-,19-,20+/m0/s1. The molecule has 3 aliphatic heterocycles. The van der Waals surface area contributed by atoms with Crippen molar-refractivity contribution < 1.29 is 28.9 Å². The fourth-order valence-electron chi connectivity index (χ4n) is 5.74. The molecule has 0 aromatic carbocycles. The van der Waals surface area contributed by atoms with Crippen LogP contribution in [-0.2, 0) is 19.0 Å². The highest BCUT2D eigenvalue weighted by atomic mass is 16.6. The number of rotatable bonds is 8. The van der Waals surface area contributed by atoms with E-state index in [1.165, 1.54) is 0 Å². The summed E-state index contributed by atoms with van der Waals surface area (Å²) in [6, 6.07) is -0.392. The fourth-order valence-corrected chi connectivity index (χ4v) is 5.74. The molecule has 3 N–H and O–H groups in total. The van der Waals surface area contributed by atoms with Crippen LogP contribution in [0.2, 0.25) is 0 Å². The van der Waals surface area contributed by atoms with Crippen molar-refractivity contribution in [1.29, 1.82) is 0 Å². The Balaban J connectivity index is 1.40. The number of alkyl carbamates (subject to hydrolysis) is 1. The van der Waals surface area contributed by atoms with Gasteiger partial charge in [0.2, 0.25) is 5.91 Å². The van der Waals surface area contributed by atoms with E-state index in [1.54, 1.807) is 0 Å². The van der Waals surface area contributed by atoms with Crippen LogP contribution in [-0.4, -0.2) is 90.9 Å². The van der Waals surface area contributed by atoms with Gasteiger partial charge in [0.05, 0.1) is 31.4 Å². The first-order valence-corrected chi connectivity index (χ1v) is 12.4. The first-order chi connectivity index (χ1) is 15.5. The first-order valence-electron chi connectivity index (χ1n) is 12.4. The summed E-state index contributed by atoms with van der Waals surface area (Å²) in [6.07, 6.45) is 6.57. The molecule has 0 unspecified atom stereocenters. The van der Waals surface area contributed by atoms with Gasteiger partial charge >= 0.3 is 6.09 Å². The van der Waals surface area contributed by atoms with E-state index in [-0.39, 0.29) is 29.6 Å². The van der Waals surface area contributed by atoms with Crippen molar-refractivity contribution in [3.63, 3.8) is 0 Å². The van der Waals surface area contributed by atoms with E-state index in [9.17, 15) is 14.7 Å². The maximum absolute atomic E-state index is 13.1. The van der Waals surface area contributed by atoms with Gasteiger partial charge in [-0.25, -0.2) is 4.79 Å². The predicted molar refractivity (Wildman–Crippen MR) is 117 cm³/mol. The zero-order valence-electron chi connectivity index (χ0n) is 19.2. The lowest BCUT2D eigenvalue weighted by Crippen LogP contribution is -2.54. The number of carbonyl (C=O) groups is 2. The molecule has 2 amide bonds. The molecule has 3 saturated heterocycles. The third-order valence-corrected chi connectivity index (χ3v) is 7.69. The third kappa shape index (κ3) is 5.55. The van der Waals surface area contributed by atoms with E-state index in [4.69, 9.17) is 14.2 Å². The molecule has 4 rings (SSSR count). The van der Waals surface area contributed by atoms with Crippen molar-refractivity contribution in [3.8, 4) is 0 Å². The number of nitrogens with zero attached hydrogens (tertiary/aromatic N) is 1. The molecule has 9 heteroatoms. The molecule has 182 valence electrons. The zero-order valence-corrected chi connectivity index (χ0v) is 19.2. The van der Waals surface area contributed by atoms with Crippen molar-refractivity contribution >= 4 is 12.0 Å². The van der Waals surface area contributed by atoms with Crippen molar-refractivity contribution in [3.05, 3.63) is 0 Å². The highest BCUT2D eigenvalue weighted by Crippen LogP contribution is 2.36. The van der Waals surface area contributed by atoms with Gasteiger partial charge < -0.3 is 30.0 Å². The molecule has 0 radical (unpaired) electrons. The minimum absolute atomic E-state index is 0.0626. The maximum Gasteiger partial charge on any atom is 0.407 e. The molecule has 32 heavy (non-hydrogen) atoms. The van der Waals surface area contributed by atoms with Crippen molar-refractivity contribution in [2.24, 2.45) is 0 Å². The van der Waals surface area contributed by atoms with E-state index in [1.807, 2.05) is 6.92 Å². The second-order valence-corrected chi connectivity index (χ2v) is 9.85. The lowest BCUT2D eigenvalue weighted by molar-refractivity contribution is -0.125. The van der Waals surface area contributed by atoms with Gasteiger partial charge in [-0.1, -0.05) is 19.8 Å². The molecule has 9 nitrogen and oxygen atoms in total. The van der Waals surface area contributed by atoms with E-state index in [2.05, 4.69) is 15.5 Å². The predicted octanol–water partition coefficient (Wildman–Crippen LogP) is 1.32.